The molecule has 2 atom stereocenters. The summed E-state index contributed by atoms with van der Waals surface area (Å²) >= 11 is 0. The highest BCUT2D eigenvalue weighted by molar-refractivity contribution is 5.98. The number of halogens is 8. The molecule has 1 aliphatic rings. The second-order valence-corrected chi connectivity index (χ2v) is 10.9. The number of alkyl halides is 6. The van der Waals surface area contributed by atoms with Crippen LogP contribution in [0.5, 0.6) is 0 Å². The molecule has 1 fully saturated rings. The Balaban J connectivity index is 1.45. The molecule has 0 aliphatic carbocycles. The number of pyridine rings is 2. The van der Waals surface area contributed by atoms with Gasteiger partial charge in [0.2, 0.25) is 0 Å². The van der Waals surface area contributed by atoms with Gasteiger partial charge in [0, 0.05) is 54.6 Å². The van der Waals surface area contributed by atoms with E-state index in [2.05, 4.69) is 4.98 Å². The van der Waals surface area contributed by atoms with Crippen LogP contribution in [0.2, 0.25) is 0 Å². The minimum Gasteiger partial charge on any atom is -0.480 e. The normalized spacial score (nSPS) is 16.2. The first-order valence-electron chi connectivity index (χ1n) is 14.1. The van der Waals surface area contributed by atoms with E-state index in [9.17, 15) is 45.8 Å². The number of nitrogens with one attached hydrogen (secondary N) is 1. The van der Waals surface area contributed by atoms with Crippen molar-refractivity contribution in [2.24, 2.45) is 7.05 Å². The maximum atomic E-state index is 15.1. The van der Waals surface area contributed by atoms with Crippen LogP contribution in [0.15, 0.2) is 59.7 Å². The van der Waals surface area contributed by atoms with Crippen LogP contribution in [0.25, 0.3) is 22.0 Å². The van der Waals surface area contributed by atoms with E-state index in [4.69, 9.17) is 4.74 Å². The van der Waals surface area contributed by atoms with Gasteiger partial charge in [0.25, 0.3) is 11.5 Å². The molecule has 1 aliphatic heterocycles. The number of fused-ring (bicyclic) bond motifs is 1. The number of carboxylic acids is 1. The SMILES string of the molecule is Cn1cc(C(F)(F)F)cc(-c2ccc(CC(NC(=O)c3c(F)cc(N4CCOCC4C(F)(F)F)cc3F)C(=O)O)c3cccnc23)c1=O. The van der Waals surface area contributed by atoms with Crippen LogP contribution >= 0.6 is 0 Å². The summed E-state index contributed by atoms with van der Waals surface area (Å²) in [7, 11) is 1.15. The summed E-state index contributed by atoms with van der Waals surface area (Å²) in [5.41, 5.74) is -3.70. The Hall–Kier alpha value is -5.06. The number of aliphatic carboxylic acids is 1. The summed E-state index contributed by atoms with van der Waals surface area (Å²) in [6.07, 6.45) is -8.14. The van der Waals surface area contributed by atoms with Gasteiger partial charge in [-0.3, -0.25) is 14.6 Å². The molecule has 0 spiro atoms. The van der Waals surface area contributed by atoms with Crippen molar-refractivity contribution in [2.75, 3.05) is 24.7 Å². The van der Waals surface area contributed by atoms with E-state index in [1.807, 2.05) is 5.32 Å². The van der Waals surface area contributed by atoms with Gasteiger partial charge < -0.3 is 24.6 Å². The number of amides is 1. The summed E-state index contributed by atoms with van der Waals surface area (Å²) in [6, 6.07) is 3.20. The second kappa shape index (κ2) is 12.9. The van der Waals surface area contributed by atoms with E-state index in [-0.39, 0.29) is 40.7 Å². The molecule has 17 heteroatoms. The molecule has 2 unspecified atom stereocenters. The second-order valence-electron chi connectivity index (χ2n) is 10.9. The smallest absolute Gasteiger partial charge is 0.417 e. The largest absolute Gasteiger partial charge is 0.480 e. The predicted molar refractivity (Wildman–Crippen MR) is 154 cm³/mol. The lowest BCUT2D eigenvalue weighted by atomic mass is 9.95. The van der Waals surface area contributed by atoms with E-state index in [1.165, 1.54) is 30.5 Å². The highest BCUT2D eigenvalue weighted by Gasteiger charge is 2.46. The number of benzene rings is 2. The molecule has 0 bridgehead atoms. The first-order valence-corrected chi connectivity index (χ1v) is 14.1. The quantitative estimate of drug-likeness (QED) is 0.261. The van der Waals surface area contributed by atoms with Gasteiger partial charge >= 0.3 is 18.3 Å². The topological polar surface area (TPSA) is 114 Å². The van der Waals surface area contributed by atoms with E-state index < -0.39 is 83.3 Å². The Kier molecular flexibility index (Phi) is 9.18. The number of morpholine rings is 1. The maximum absolute atomic E-state index is 15.1. The molecule has 2 N–H and O–H groups in total. The zero-order valence-electron chi connectivity index (χ0n) is 24.6. The Labute approximate surface area is 265 Å². The molecule has 2 aromatic carbocycles. The lowest BCUT2D eigenvalue weighted by Gasteiger charge is -2.38. The van der Waals surface area contributed by atoms with Crippen LogP contribution < -0.4 is 15.8 Å². The van der Waals surface area contributed by atoms with E-state index in [1.54, 1.807) is 0 Å². The van der Waals surface area contributed by atoms with Crippen molar-refractivity contribution in [2.45, 2.75) is 30.9 Å². The van der Waals surface area contributed by atoms with Gasteiger partial charge in [0.1, 0.15) is 29.3 Å². The molecule has 1 saturated heterocycles. The summed E-state index contributed by atoms with van der Waals surface area (Å²) in [5, 5.41) is 12.1. The average molecular weight is 685 g/mol. The average Bonchev–Trinajstić information content (AvgIpc) is 3.01. The summed E-state index contributed by atoms with van der Waals surface area (Å²) in [4.78, 5) is 42.9. The highest BCUT2D eigenvalue weighted by atomic mass is 19.4. The minimum atomic E-state index is -4.79. The molecular weight excluding hydrogens is 660 g/mol. The first-order chi connectivity index (χ1) is 22.5. The number of hydrogen-bond donors (Lipinski definition) is 2. The Morgan fingerprint density at radius 3 is 2.38 bits per heavy atom. The van der Waals surface area contributed by atoms with E-state index in [0.29, 0.717) is 29.3 Å². The molecule has 4 aromatic rings. The van der Waals surface area contributed by atoms with Gasteiger partial charge in [-0.05, 0) is 29.8 Å². The molecule has 2 aromatic heterocycles. The van der Waals surface area contributed by atoms with Crippen molar-refractivity contribution in [3.63, 3.8) is 0 Å². The Morgan fingerprint density at radius 2 is 1.75 bits per heavy atom. The summed E-state index contributed by atoms with van der Waals surface area (Å²) in [6.45, 7) is -1.28. The van der Waals surface area contributed by atoms with Crippen molar-refractivity contribution in [1.29, 1.82) is 0 Å². The number of carbonyl (C=O) groups is 2. The number of aryl methyl sites for hydroxylation is 1. The predicted octanol–water partition coefficient (Wildman–Crippen LogP) is 5.09. The van der Waals surface area contributed by atoms with Gasteiger partial charge in [-0.15, -0.1) is 0 Å². The summed E-state index contributed by atoms with van der Waals surface area (Å²) < 4.78 is 117. The molecule has 5 rings (SSSR count). The molecule has 254 valence electrons. The summed E-state index contributed by atoms with van der Waals surface area (Å²) in [5.74, 6) is -6.22. The Bertz CT molecular complexity index is 1940. The molecule has 1 amide bonds. The molecule has 3 heterocycles. The molecule has 48 heavy (non-hydrogen) atoms. The van der Waals surface area contributed by atoms with E-state index >= 15 is 8.78 Å². The van der Waals surface area contributed by atoms with Crippen LogP contribution in [0.3, 0.4) is 0 Å². The number of aromatic nitrogens is 2. The molecule has 0 saturated carbocycles. The zero-order chi connectivity index (χ0) is 35.1. The third-order valence-electron chi connectivity index (χ3n) is 7.78. The van der Waals surface area contributed by atoms with Crippen LogP contribution in [0.1, 0.15) is 21.5 Å². The third-order valence-corrected chi connectivity index (χ3v) is 7.78. The number of ether oxygens (including phenoxy) is 1. The first kappa shape index (κ1) is 34.3. The molecular formula is C31H24F8N4O5. The monoisotopic (exact) mass is 684 g/mol. The van der Waals surface area contributed by atoms with Gasteiger partial charge in [-0.25, -0.2) is 13.6 Å². The maximum Gasteiger partial charge on any atom is 0.417 e. The van der Waals surface area contributed by atoms with Crippen molar-refractivity contribution >= 4 is 28.5 Å². The van der Waals surface area contributed by atoms with Crippen molar-refractivity contribution < 1.29 is 54.6 Å². The zero-order valence-corrected chi connectivity index (χ0v) is 24.6. The molecule has 9 nitrogen and oxygen atoms in total. The number of nitrogens with zero attached hydrogens (tertiary/aromatic N) is 3. The van der Waals surface area contributed by atoms with Gasteiger partial charge in [0.15, 0.2) is 0 Å². The fourth-order valence-corrected chi connectivity index (χ4v) is 5.46. The van der Waals surface area contributed by atoms with Gasteiger partial charge in [-0.2, -0.15) is 26.3 Å². The third kappa shape index (κ3) is 6.81. The molecule has 0 radical (unpaired) electrons. The fraction of sp³-hybridized carbons (Fsp3) is 0.290. The van der Waals surface area contributed by atoms with Gasteiger partial charge in [-0.1, -0.05) is 18.2 Å². The van der Waals surface area contributed by atoms with Crippen LogP contribution in [0, 0.1) is 11.6 Å². The standard InChI is InChI=1S/C31H24F8N4O5/c1-42-13-16(30(34,35)36)10-20(28(42)45)19-5-4-15(18-3-2-6-40-26(18)19)9-23(29(46)47)41-27(44)25-21(32)11-17(12-22(25)33)43-7-8-48-14-24(43)31(37,38)39/h2-6,10-13,23-24H,7-9,14H2,1H3,(H,41,44)(H,46,47). The Morgan fingerprint density at radius 1 is 1.06 bits per heavy atom. The van der Waals surface area contributed by atoms with Gasteiger partial charge in [0.05, 0.1) is 24.3 Å². The number of carboxylic acid groups (broad SMARTS) is 1. The van der Waals surface area contributed by atoms with Crippen LogP contribution in [-0.2, 0) is 29.2 Å². The minimum absolute atomic E-state index is 0.00854. The number of hydrogen-bond acceptors (Lipinski definition) is 6. The number of carbonyl (C=O) groups excluding carboxylic acids is 1. The van der Waals surface area contributed by atoms with Crippen LogP contribution in [-0.4, -0.2) is 64.6 Å². The van der Waals surface area contributed by atoms with Crippen molar-refractivity contribution in [1.82, 2.24) is 14.9 Å². The lowest BCUT2D eigenvalue weighted by molar-refractivity contribution is -0.167. The number of anilines is 1. The van der Waals surface area contributed by atoms with Crippen molar-refractivity contribution in [3.05, 3.63) is 93.5 Å². The fourth-order valence-electron chi connectivity index (χ4n) is 5.46. The number of rotatable bonds is 7. The van der Waals surface area contributed by atoms with Crippen molar-refractivity contribution in [3.8, 4) is 11.1 Å². The van der Waals surface area contributed by atoms with Crippen LogP contribution in [0.4, 0.5) is 40.8 Å². The highest BCUT2D eigenvalue weighted by Crippen LogP contribution is 2.35. The van der Waals surface area contributed by atoms with E-state index in [0.717, 1.165) is 11.6 Å². The lowest BCUT2D eigenvalue weighted by Crippen LogP contribution is -2.53.